The molecule has 0 radical (unpaired) electrons. The Morgan fingerprint density at radius 2 is 2.05 bits per heavy atom. The van der Waals surface area contributed by atoms with Crippen LogP contribution in [0, 0.1) is 25.2 Å². The van der Waals surface area contributed by atoms with Crippen molar-refractivity contribution in [3.63, 3.8) is 0 Å². The smallest absolute Gasteiger partial charge is 0.251 e. The third kappa shape index (κ3) is 2.80. The molecule has 5 heteroatoms. The number of amides is 1. The third-order valence-electron chi connectivity index (χ3n) is 2.88. The lowest BCUT2D eigenvalue weighted by Gasteiger charge is -2.04. The van der Waals surface area contributed by atoms with E-state index in [-0.39, 0.29) is 5.91 Å². The molecule has 0 aliphatic heterocycles. The lowest BCUT2D eigenvalue weighted by Crippen LogP contribution is -2.23. The van der Waals surface area contributed by atoms with E-state index in [2.05, 4.69) is 10.5 Å². The quantitative estimate of drug-likeness (QED) is 0.910. The van der Waals surface area contributed by atoms with Crippen LogP contribution in [0.3, 0.4) is 0 Å². The fraction of sp³-hybridized carbons (Fsp3) is 0.214. The van der Waals surface area contributed by atoms with Crippen LogP contribution in [0.25, 0.3) is 0 Å². The summed E-state index contributed by atoms with van der Waals surface area (Å²) in [7, 11) is 0. The normalized spacial score (nSPS) is 9.95. The molecule has 0 fully saturated rings. The number of rotatable bonds is 3. The average Bonchev–Trinajstić information content (AvgIpc) is 2.75. The Morgan fingerprint density at radius 1 is 1.37 bits per heavy atom. The number of benzene rings is 1. The number of nitrogens with zero attached hydrogens (tertiary/aromatic N) is 2. The lowest BCUT2D eigenvalue weighted by molar-refractivity contribution is 0.0951. The number of aromatic nitrogens is 1. The van der Waals surface area contributed by atoms with Crippen LogP contribution in [0.5, 0.6) is 0 Å². The molecule has 0 atom stereocenters. The molecule has 1 amide bonds. The Kier molecular flexibility index (Phi) is 3.62. The summed E-state index contributed by atoms with van der Waals surface area (Å²) in [6.45, 7) is 4.02. The summed E-state index contributed by atoms with van der Waals surface area (Å²) in [6.07, 6.45) is 0. The first-order valence-electron chi connectivity index (χ1n) is 5.82. The molecule has 1 aromatic carbocycles. The highest BCUT2D eigenvalue weighted by atomic mass is 16.5. The lowest BCUT2D eigenvalue weighted by atomic mass is 10.1. The molecule has 1 aromatic heterocycles. The molecular weight excluding hydrogens is 242 g/mol. The second-order valence-corrected chi connectivity index (χ2v) is 4.17. The van der Waals surface area contributed by atoms with Gasteiger partial charge in [-0.05, 0) is 38.1 Å². The third-order valence-corrected chi connectivity index (χ3v) is 2.88. The molecule has 1 N–H and O–H groups in total. The standard InChI is InChI=1S/C14H13N3O2/c1-9-13(10(2)19-17-9)8-16-14(18)12-5-3-11(7-15)4-6-12/h3-6H,8H2,1-2H3,(H,16,18). The summed E-state index contributed by atoms with van der Waals surface area (Å²) in [5, 5.41) is 15.3. The van der Waals surface area contributed by atoms with Crippen molar-refractivity contribution in [1.29, 1.82) is 5.26 Å². The van der Waals surface area contributed by atoms with E-state index in [4.69, 9.17) is 9.78 Å². The fourth-order valence-corrected chi connectivity index (χ4v) is 1.72. The number of carbonyl (C=O) groups excluding carboxylic acids is 1. The fourth-order valence-electron chi connectivity index (χ4n) is 1.72. The Labute approximate surface area is 110 Å². The van der Waals surface area contributed by atoms with Crippen LogP contribution >= 0.6 is 0 Å². The van der Waals surface area contributed by atoms with Gasteiger partial charge >= 0.3 is 0 Å². The number of carbonyl (C=O) groups is 1. The van der Waals surface area contributed by atoms with Gasteiger partial charge in [-0.3, -0.25) is 4.79 Å². The average molecular weight is 255 g/mol. The van der Waals surface area contributed by atoms with E-state index in [0.29, 0.717) is 23.4 Å². The highest BCUT2D eigenvalue weighted by Gasteiger charge is 2.11. The zero-order valence-corrected chi connectivity index (χ0v) is 10.7. The number of hydrogen-bond acceptors (Lipinski definition) is 4. The number of hydrogen-bond donors (Lipinski definition) is 1. The van der Waals surface area contributed by atoms with E-state index in [1.165, 1.54) is 0 Å². The van der Waals surface area contributed by atoms with Crippen LogP contribution in [0.4, 0.5) is 0 Å². The van der Waals surface area contributed by atoms with E-state index in [1.54, 1.807) is 24.3 Å². The van der Waals surface area contributed by atoms with E-state index in [9.17, 15) is 4.79 Å². The van der Waals surface area contributed by atoms with Gasteiger partial charge in [0.1, 0.15) is 5.76 Å². The minimum Gasteiger partial charge on any atom is -0.361 e. The largest absolute Gasteiger partial charge is 0.361 e. The molecule has 1 heterocycles. The molecule has 0 saturated heterocycles. The van der Waals surface area contributed by atoms with Gasteiger partial charge in [0.15, 0.2) is 0 Å². The number of nitrogens with one attached hydrogen (secondary N) is 1. The monoisotopic (exact) mass is 255 g/mol. The highest BCUT2D eigenvalue weighted by molar-refractivity contribution is 5.94. The highest BCUT2D eigenvalue weighted by Crippen LogP contribution is 2.12. The topological polar surface area (TPSA) is 78.9 Å². The summed E-state index contributed by atoms with van der Waals surface area (Å²) in [6, 6.07) is 8.49. The van der Waals surface area contributed by atoms with Gasteiger partial charge in [-0.2, -0.15) is 5.26 Å². The zero-order chi connectivity index (χ0) is 13.8. The van der Waals surface area contributed by atoms with Gasteiger partial charge in [-0.15, -0.1) is 0 Å². The second-order valence-electron chi connectivity index (χ2n) is 4.17. The first-order valence-corrected chi connectivity index (χ1v) is 5.82. The SMILES string of the molecule is Cc1noc(C)c1CNC(=O)c1ccc(C#N)cc1. The van der Waals surface area contributed by atoms with Crippen molar-refractivity contribution in [2.45, 2.75) is 20.4 Å². The first kappa shape index (κ1) is 12.8. The van der Waals surface area contributed by atoms with Gasteiger partial charge in [0, 0.05) is 17.7 Å². The Bertz CT molecular complexity index is 616. The van der Waals surface area contributed by atoms with Crippen molar-refractivity contribution in [3.8, 4) is 6.07 Å². The van der Waals surface area contributed by atoms with Crippen molar-refractivity contribution < 1.29 is 9.32 Å². The van der Waals surface area contributed by atoms with Crippen LogP contribution in [0.15, 0.2) is 28.8 Å². The number of aryl methyl sites for hydroxylation is 2. The molecule has 0 spiro atoms. The van der Waals surface area contributed by atoms with Crippen LogP contribution in [0.2, 0.25) is 0 Å². The van der Waals surface area contributed by atoms with Crippen molar-refractivity contribution in [2.75, 3.05) is 0 Å². The zero-order valence-electron chi connectivity index (χ0n) is 10.7. The summed E-state index contributed by atoms with van der Waals surface area (Å²) < 4.78 is 5.03. The van der Waals surface area contributed by atoms with Gasteiger partial charge < -0.3 is 9.84 Å². The summed E-state index contributed by atoms with van der Waals surface area (Å²) >= 11 is 0. The number of nitriles is 1. The molecule has 2 aromatic rings. The van der Waals surface area contributed by atoms with E-state index in [1.807, 2.05) is 19.9 Å². The molecule has 0 unspecified atom stereocenters. The summed E-state index contributed by atoms with van der Waals surface area (Å²) in [4.78, 5) is 11.9. The van der Waals surface area contributed by atoms with Gasteiger partial charge in [0.2, 0.25) is 0 Å². The van der Waals surface area contributed by atoms with E-state index < -0.39 is 0 Å². The molecule has 96 valence electrons. The molecule has 0 aliphatic carbocycles. The molecule has 2 rings (SSSR count). The predicted molar refractivity (Wildman–Crippen MR) is 68.3 cm³/mol. The minimum atomic E-state index is -0.190. The maximum absolute atomic E-state index is 11.9. The van der Waals surface area contributed by atoms with Crippen LogP contribution in [-0.2, 0) is 6.54 Å². The van der Waals surface area contributed by atoms with Crippen molar-refractivity contribution in [1.82, 2.24) is 10.5 Å². The molecule has 5 nitrogen and oxygen atoms in total. The maximum Gasteiger partial charge on any atom is 0.251 e. The van der Waals surface area contributed by atoms with Crippen LogP contribution < -0.4 is 5.32 Å². The minimum absolute atomic E-state index is 0.190. The van der Waals surface area contributed by atoms with Crippen molar-refractivity contribution in [3.05, 3.63) is 52.4 Å². The van der Waals surface area contributed by atoms with Gasteiger partial charge in [0.25, 0.3) is 5.91 Å². The van der Waals surface area contributed by atoms with Crippen molar-refractivity contribution >= 4 is 5.91 Å². The maximum atomic E-state index is 11.9. The molecular formula is C14H13N3O2. The van der Waals surface area contributed by atoms with E-state index >= 15 is 0 Å². The van der Waals surface area contributed by atoms with Gasteiger partial charge in [-0.25, -0.2) is 0 Å². The van der Waals surface area contributed by atoms with Gasteiger partial charge in [0.05, 0.1) is 17.3 Å². The van der Waals surface area contributed by atoms with Crippen molar-refractivity contribution in [2.24, 2.45) is 0 Å². The summed E-state index contributed by atoms with van der Waals surface area (Å²) in [5.74, 6) is 0.516. The molecule has 0 saturated carbocycles. The molecule has 0 bridgehead atoms. The first-order chi connectivity index (χ1) is 9.11. The van der Waals surface area contributed by atoms with E-state index in [0.717, 1.165) is 11.3 Å². The molecule has 0 aliphatic rings. The Balaban J connectivity index is 2.03. The summed E-state index contributed by atoms with van der Waals surface area (Å²) in [5.41, 5.74) is 2.72. The van der Waals surface area contributed by atoms with Crippen LogP contribution in [-0.4, -0.2) is 11.1 Å². The molecule has 19 heavy (non-hydrogen) atoms. The Hall–Kier alpha value is -2.61. The van der Waals surface area contributed by atoms with Crippen LogP contribution in [0.1, 0.15) is 32.9 Å². The predicted octanol–water partition coefficient (Wildman–Crippen LogP) is 2.09. The Morgan fingerprint density at radius 3 is 2.58 bits per heavy atom. The second kappa shape index (κ2) is 5.36. The van der Waals surface area contributed by atoms with Gasteiger partial charge in [-0.1, -0.05) is 5.16 Å².